The van der Waals surface area contributed by atoms with Crippen LogP contribution in [0.3, 0.4) is 0 Å². The van der Waals surface area contributed by atoms with Gasteiger partial charge in [0.05, 0.1) is 6.04 Å². The summed E-state index contributed by atoms with van der Waals surface area (Å²) in [5.74, 6) is 6.12. The molecule has 4 bridgehead atoms. The van der Waals surface area contributed by atoms with Gasteiger partial charge in [0.25, 0.3) is 0 Å². The van der Waals surface area contributed by atoms with Crippen LogP contribution in [-0.2, 0) is 0 Å². The van der Waals surface area contributed by atoms with Crippen LogP contribution in [0, 0.1) is 23.7 Å². The molecule has 1 saturated heterocycles. The molecular formula is C16H23N3O. The number of rotatable bonds is 2. The molecule has 2 heterocycles. The number of hydrogen-bond donors (Lipinski definition) is 1. The third-order valence-electron chi connectivity index (χ3n) is 6.34. The Morgan fingerprint density at radius 2 is 1.75 bits per heavy atom. The molecule has 4 saturated carbocycles. The van der Waals surface area contributed by atoms with Crippen LogP contribution in [0.25, 0.3) is 0 Å². The lowest BCUT2D eigenvalue weighted by Gasteiger charge is -2.53. The fourth-order valence-electron chi connectivity index (χ4n) is 5.76. The fourth-order valence-corrected chi connectivity index (χ4v) is 5.76. The Kier molecular flexibility index (Phi) is 2.52. The number of nitrogens with zero attached hydrogens (tertiary/aromatic N) is 2. The van der Waals surface area contributed by atoms with E-state index in [0.29, 0.717) is 12.0 Å². The lowest BCUT2D eigenvalue weighted by molar-refractivity contribution is -0.0131. The van der Waals surface area contributed by atoms with Gasteiger partial charge in [0.1, 0.15) is 0 Å². The SMILES string of the molecule is C1CNC(c2noc(C3C4CC5CC(C4)CC3C5)n2)C1. The minimum atomic E-state index is 0.337. The largest absolute Gasteiger partial charge is 0.339 e. The zero-order valence-electron chi connectivity index (χ0n) is 11.9. The van der Waals surface area contributed by atoms with Gasteiger partial charge in [0, 0.05) is 5.92 Å². The van der Waals surface area contributed by atoms with Gasteiger partial charge in [-0.05, 0) is 75.2 Å². The van der Waals surface area contributed by atoms with Crippen LogP contribution in [0.1, 0.15) is 68.6 Å². The first-order valence-corrected chi connectivity index (χ1v) is 8.43. The number of aromatic nitrogens is 2. The van der Waals surface area contributed by atoms with E-state index >= 15 is 0 Å². The third-order valence-corrected chi connectivity index (χ3v) is 6.34. The summed E-state index contributed by atoms with van der Waals surface area (Å²) in [5, 5.41) is 7.75. The standard InChI is InChI=1S/C16H23N3O/c1-2-13(17-3-1)15-18-16(20-19-15)14-11-5-9-4-10(7-11)8-12(14)6-9/h9-14,17H,1-8H2. The molecule has 1 aromatic heterocycles. The Balaban J connectivity index is 1.42. The van der Waals surface area contributed by atoms with Crippen LogP contribution in [-0.4, -0.2) is 16.7 Å². The highest BCUT2D eigenvalue weighted by Crippen LogP contribution is 2.59. The summed E-state index contributed by atoms with van der Waals surface area (Å²) >= 11 is 0. The first-order chi connectivity index (χ1) is 9.87. The molecule has 0 radical (unpaired) electrons. The van der Waals surface area contributed by atoms with Gasteiger partial charge in [-0.1, -0.05) is 5.16 Å². The highest BCUT2D eigenvalue weighted by molar-refractivity contribution is 5.10. The molecule has 4 aliphatic carbocycles. The summed E-state index contributed by atoms with van der Waals surface area (Å²) in [6.07, 6.45) is 9.54. The van der Waals surface area contributed by atoms with Crippen LogP contribution in [0.2, 0.25) is 0 Å². The van der Waals surface area contributed by atoms with E-state index in [1.807, 2.05) is 0 Å². The molecule has 1 unspecified atom stereocenters. The van der Waals surface area contributed by atoms with Gasteiger partial charge >= 0.3 is 0 Å². The van der Waals surface area contributed by atoms with E-state index in [2.05, 4.69) is 10.5 Å². The van der Waals surface area contributed by atoms with Crippen molar-refractivity contribution in [2.75, 3.05) is 6.54 Å². The van der Waals surface area contributed by atoms with Gasteiger partial charge in [-0.25, -0.2) is 0 Å². The quantitative estimate of drug-likeness (QED) is 0.900. The molecular weight excluding hydrogens is 250 g/mol. The smallest absolute Gasteiger partial charge is 0.230 e. The van der Waals surface area contributed by atoms with Crippen molar-refractivity contribution in [2.24, 2.45) is 23.7 Å². The average molecular weight is 273 g/mol. The van der Waals surface area contributed by atoms with E-state index in [9.17, 15) is 0 Å². The van der Waals surface area contributed by atoms with Gasteiger partial charge in [0.2, 0.25) is 5.89 Å². The van der Waals surface area contributed by atoms with E-state index in [4.69, 9.17) is 9.51 Å². The van der Waals surface area contributed by atoms with Crippen LogP contribution in [0.4, 0.5) is 0 Å². The molecule has 6 rings (SSSR count). The van der Waals surface area contributed by atoms with Crippen molar-refractivity contribution in [1.82, 2.24) is 15.5 Å². The maximum absolute atomic E-state index is 5.70. The number of hydrogen-bond acceptors (Lipinski definition) is 4. The molecule has 0 amide bonds. The molecule has 108 valence electrons. The Morgan fingerprint density at radius 1 is 1.00 bits per heavy atom. The third kappa shape index (κ3) is 1.70. The topological polar surface area (TPSA) is 51.0 Å². The lowest BCUT2D eigenvalue weighted by atomic mass is 9.52. The van der Waals surface area contributed by atoms with E-state index in [0.717, 1.165) is 48.4 Å². The normalized spacial score (nSPS) is 46.2. The minimum Gasteiger partial charge on any atom is -0.339 e. The van der Waals surface area contributed by atoms with E-state index < -0.39 is 0 Å². The van der Waals surface area contributed by atoms with Crippen molar-refractivity contribution in [3.05, 3.63) is 11.7 Å². The van der Waals surface area contributed by atoms with E-state index in [-0.39, 0.29) is 0 Å². The predicted octanol–water partition coefficient (Wildman–Crippen LogP) is 3.03. The Hall–Kier alpha value is -0.900. The van der Waals surface area contributed by atoms with Gasteiger partial charge in [0.15, 0.2) is 5.82 Å². The molecule has 20 heavy (non-hydrogen) atoms. The molecule has 1 N–H and O–H groups in total. The first-order valence-electron chi connectivity index (χ1n) is 8.43. The fraction of sp³-hybridized carbons (Fsp3) is 0.875. The van der Waals surface area contributed by atoms with Gasteiger partial charge < -0.3 is 9.84 Å². The summed E-state index contributed by atoms with van der Waals surface area (Å²) in [5.41, 5.74) is 0. The van der Waals surface area contributed by atoms with E-state index in [1.54, 1.807) is 0 Å². The molecule has 1 aromatic rings. The number of nitrogens with one attached hydrogen (secondary N) is 1. The molecule has 5 fully saturated rings. The highest BCUT2D eigenvalue weighted by atomic mass is 16.5. The molecule has 1 atom stereocenters. The van der Waals surface area contributed by atoms with Crippen molar-refractivity contribution in [2.45, 2.75) is 56.9 Å². The van der Waals surface area contributed by atoms with E-state index in [1.165, 1.54) is 38.5 Å². The summed E-state index contributed by atoms with van der Waals surface area (Å²) in [7, 11) is 0. The summed E-state index contributed by atoms with van der Waals surface area (Å²) < 4.78 is 5.70. The molecule has 0 spiro atoms. The molecule has 4 heteroatoms. The Morgan fingerprint density at radius 3 is 2.40 bits per heavy atom. The first kappa shape index (κ1) is 11.7. The molecule has 4 nitrogen and oxygen atoms in total. The summed E-state index contributed by atoms with van der Waals surface area (Å²) in [6.45, 7) is 1.09. The van der Waals surface area contributed by atoms with Crippen LogP contribution in [0.5, 0.6) is 0 Å². The van der Waals surface area contributed by atoms with Crippen LogP contribution >= 0.6 is 0 Å². The monoisotopic (exact) mass is 273 g/mol. The summed E-state index contributed by atoms with van der Waals surface area (Å²) in [6, 6.07) is 0.337. The summed E-state index contributed by atoms with van der Waals surface area (Å²) in [4.78, 5) is 4.80. The molecule has 1 aliphatic heterocycles. The van der Waals surface area contributed by atoms with Crippen molar-refractivity contribution < 1.29 is 4.52 Å². The van der Waals surface area contributed by atoms with Crippen molar-refractivity contribution >= 4 is 0 Å². The Bertz CT molecular complexity index is 478. The zero-order chi connectivity index (χ0) is 13.1. The van der Waals surface area contributed by atoms with Gasteiger partial charge in [-0.3, -0.25) is 0 Å². The second-order valence-electron chi connectivity index (χ2n) is 7.60. The predicted molar refractivity (Wildman–Crippen MR) is 74.1 cm³/mol. The van der Waals surface area contributed by atoms with Crippen LogP contribution < -0.4 is 5.32 Å². The molecule has 0 aromatic carbocycles. The van der Waals surface area contributed by atoms with Gasteiger partial charge in [-0.2, -0.15) is 4.98 Å². The maximum Gasteiger partial charge on any atom is 0.230 e. The van der Waals surface area contributed by atoms with Gasteiger partial charge in [-0.15, -0.1) is 0 Å². The highest BCUT2D eigenvalue weighted by Gasteiger charge is 2.50. The van der Waals surface area contributed by atoms with Crippen LogP contribution in [0.15, 0.2) is 4.52 Å². The van der Waals surface area contributed by atoms with Crippen molar-refractivity contribution in [3.63, 3.8) is 0 Å². The van der Waals surface area contributed by atoms with Crippen molar-refractivity contribution in [1.29, 1.82) is 0 Å². The second-order valence-corrected chi connectivity index (χ2v) is 7.60. The minimum absolute atomic E-state index is 0.337. The van der Waals surface area contributed by atoms with Crippen molar-refractivity contribution in [3.8, 4) is 0 Å². The molecule has 5 aliphatic rings. The average Bonchev–Trinajstić information content (AvgIpc) is 3.08. The zero-order valence-corrected chi connectivity index (χ0v) is 11.9. The lowest BCUT2D eigenvalue weighted by Crippen LogP contribution is -2.43. The maximum atomic E-state index is 5.70. The second kappa shape index (κ2) is 4.30. The Labute approximate surface area is 119 Å².